The minimum absolute atomic E-state index is 0.0140. The van der Waals surface area contributed by atoms with Gasteiger partial charge in [-0.1, -0.05) is 0 Å². The SMILES string of the molecule is CN1C[C@@H](OC(=O)N2CCN(c3ccn4ncc(Br)c4n3)CC2)CC1=O. The summed E-state index contributed by atoms with van der Waals surface area (Å²) in [5.41, 5.74) is 0.763. The van der Waals surface area contributed by atoms with Gasteiger partial charge in [0.2, 0.25) is 5.91 Å². The Hall–Kier alpha value is -2.36. The summed E-state index contributed by atoms with van der Waals surface area (Å²) in [6.45, 7) is 2.93. The van der Waals surface area contributed by atoms with Crippen molar-refractivity contribution in [2.45, 2.75) is 12.5 Å². The third-order valence-corrected chi connectivity index (χ3v) is 5.31. The number of rotatable bonds is 2. The first-order chi connectivity index (χ1) is 12.5. The van der Waals surface area contributed by atoms with Gasteiger partial charge in [0.1, 0.15) is 11.9 Å². The number of likely N-dealkylation sites (N-methyl/N-ethyl adjacent to an activating group) is 1. The highest BCUT2D eigenvalue weighted by Crippen LogP contribution is 2.20. The normalized spacial score (nSPS) is 20.9. The summed E-state index contributed by atoms with van der Waals surface area (Å²) in [5.74, 6) is 0.870. The number of fused-ring (bicyclic) bond motifs is 1. The van der Waals surface area contributed by atoms with Crippen LogP contribution in [0.2, 0.25) is 0 Å². The summed E-state index contributed by atoms with van der Waals surface area (Å²) in [7, 11) is 1.72. The molecule has 26 heavy (non-hydrogen) atoms. The maximum absolute atomic E-state index is 12.3. The van der Waals surface area contributed by atoms with Crippen molar-refractivity contribution in [2.24, 2.45) is 0 Å². The highest BCUT2D eigenvalue weighted by molar-refractivity contribution is 9.10. The quantitative estimate of drug-likeness (QED) is 0.717. The molecule has 10 heteroatoms. The average Bonchev–Trinajstić information content (AvgIpc) is 3.17. The third kappa shape index (κ3) is 3.20. The zero-order valence-corrected chi connectivity index (χ0v) is 15.9. The van der Waals surface area contributed by atoms with Crippen LogP contribution in [0.1, 0.15) is 6.42 Å². The lowest BCUT2D eigenvalue weighted by molar-refractivity contribution is -0.126. The van der Waals surface area contributed by atoms with Crippen LogP contribution in [-0.2, 0) is 9.53 Å². The van der Waals surface area contributed by atoms with Crippen LogP contribution in [0.3, 0.4) is 0 Å². The number of carbonyl (C=O) groups excluding carboxylic acids is 2. The first kappa shape index (κ1) is 17.1. The molecule has 2 amide bonds. The number of ether oxygens (including phenoxy) is 1. The molecular weight excluding hydrogens is 404 g/mol. The summed E-state index contributed by atoms with van der Waals surface area (Å²) in [4.78, 5) is 33.9. The Morgan fingerprint density at radius 1 is 1.31 bits per heavy atom. The lowest BCUT2D eigenvalue weighted by atomic mass is 10.3. The Morgan fingerprint density at radius 3 is 2.77 bits per heavy atom. The van der Waals surface area contributed by atoms with Gasteiger partial charge in [0.15, 0.2) is 5.65 Å². The number of hydrogen-bond acceptors (Lipinski definition) is 6. The number of anilines is 1. The maximum atomic E-state index is 12.3. The number of carbonyl (C=O) groups is 2. The van der Waals surface area contributed by atoms with Crippen molar-refractivity contribution in [1.29, 1.82) is 0 Å². The van der Waals surface area contributed by atoms with Gasteiger partial charge in [0.05, 0.1) is 23.6 Å². The molecule has 2 aromatic rings. The second kappa shape index (κ2) is 6.75. The van der Waals surface area contributed by atoms with Gasteiger partial charge >= 0.3 is 6.09 Å². The van der Waals surface area contributed by atoms with E-state index >= 15 is 0 Å². The number of amides is 2. The first-order valence-corrected chi connectivity index (χ1v) is 9.25. The van der Waals surface area contributed by atoms with Crippen molar-refractivity contribution in [3.05, 3.63) is 22.9 Å². The predicted molar refractivity (Wildman–Crippen MR) is 97.0 cm³/mol. The van der Waals surface area contributed by atoms with Crippen molar-refractivity contribution in [3.8, 4) is 0 Å². The summed E-state index contributed by atoms with van der Waals surface area (Å²) >= 11 is 3.44. The first-order valence-electron chi connectivity index (χ1n) is 8.45. The number of halogens is 1. The average molecular weight is 423 g/mol. The van der Waals surface area contributed by atoms with E-state index in [0.29, 0.717) is 32.7 Å². The Labute approximate surface area is 158 Å². The van der Waals surface area contributed by atoms with Gasteiger partial charge in [-0.05, 0) is 22.0 Å². The van der Waals surface area contributed by atoms with E-state index in [-0.39, 0.29) is 24.5 Å². The van der Waals surface area contributed by atoms with Crippen molar-refractivity contribution < 1.29 is 14.3 Å². The number of hydrogen-bond donors (Lipinski definition) is 0. The molecule has 2 aliphatic rings. The van der Waals surface area contributed by atoms with Gasteiger partial charge in [-0.3, -0.25) is 4.79 Å². The van der Waals surface area contributed by atoms with E-state index in [4.69, 9.17) is 4.74 Å². The number of aromatic nitrogens is 3. The van der Waals surface area contributed by atoms with Crippen LogP contribution in [0.15, 0.2) is 22.9 Å². The molecule has 0 unspecified atom stereocenters. The summed E-state index contributed by atoms with van der Waals surface area (Å²) in [6.07, 6.45) is 3.16. The fourth-order valence-corrected chi connectivity index (χ4v) is 3.61. The molecule has 2 aromatic heterocycles. The molecule has 138 valence electrons. The van der Waals surface area contributed by atoms with E-state index < -0.39 is 0 Å². The van der Waals surface area contributed by atoms with E-state index in [9.17, 15) is 9.59 Å². The van der Waals surface area contributed by atoms with Crippen LogP contribution in [0, 0.1) is 0 Å². The van der Waals surface area contributed by atoms with Gasteiger partial charge in [0, 0.05) is 39.4 Å². The predicted octanol–water partition coefficient (Wildman–Crippen LogP) is 0.981. The molecule has 0 bridgehead atoms. The molecule has 0 aliphatic carbocycles. The van der Waals surface area contributed by atoms with Gasteiger partial charge < -0.3 is 19.4 Å². The van der Waals surface area contributed by atoms with Crippen LogP contribution in [0.25, 0.3) is 5.65 Å². The molecule has 1 atom stereocenters. The molecule has 0 saturated carbocycles. The standard InChI is InChI=1S/C16H19BrN6O3/c1-20-10-11(8-14(20)24)26-16(25)22-6-4-21(5-7-22)13-2-3-23-15(19-13)12(17)9-18-23/h2-3,9,11H,4-8,10H2,1H3/t11-/m0/s1. The fraction of sp³-hybridized carbons (Fsp3) is 0.500. The van der Waals surface area contributed by atoms with Gasteiger partial charge in [-0.2, -0.15) is 5.10 Å². The second-order valence-corrected chi connectivity index (χ2v) is 7.36. The second-order valence-electron chi connectivity index (χ2n) is 6.50. The van der Waals surface area contributed by atoms with Crippen molar-refractivity contribution in [1.82, 2.24) is 24.4 Å². The number of nitrogens with zero attached hydrogens (tertiary/aromatic N) is 6. The lowest BCUT2D eigenvalue weighted by Gasteiger charge is -2.35. The van der Waals surface area contributed by atoms with E-state index in [1.54, 1.807) is 27.6 Å². The summed E-state index contributed by atoms with van der Waals surface area (Å²) in [5, 5.41) is 4.19. The topological polar surface area (TPSA) is 83.3 Å². The monoisotopic (exact) mass is 422 g/mol. The van der Waals surface area contributed by atoms with E-state index in [1.165, 1.54) is 0 Å². The Kier molecular flexibility index (Phi) is 4.43. The molecule has 0 N–H and O–H groups in total. The van der Waals surface area contributed by atoms with Crippen LogP contribution in [0.5, 0.6) is 0 Å². The third-order valence-electron chi connectivity index (χ3n) is 4.75. The summed E-state index contributed by atoms with van der Waals surface area (Å²) in [6, 6.07) is 1.92. The largest absolute Gasteiger partial charge is 0.444 e. The summed E-state index contributed by atoms with van der Waals surface area (Å²) < 4.78 is 8.02. The van der Waals surface area contributed by atoms with Crippen LogP contribution < -0.4 is 4.90 Å². The van der Waals surface area contributed by atoms with Crippen LogP contribution in [-0.4, -0.2) is 82.3 Å². The zero-order valence-electron chi connectivity index (χ0n) is 14.3. The lowest BCUT2D eigenvalue weighted by Crippen LogP contribution is -2.49. The maximum Gasteiger partial charge on any atom is 0.410 e. The molecule has 4 rings (SSSR count). The fourth-order valence-electron chi connectivity index (χ4n) is 3.24. The van der Waals surface area contributed by atoms with Crippen molar-refractivity contribution >= 4 is 39.4 Å². The van der Waals surface area contributed by atoms with Crippen molar-refractivity contribution in [3.63, 3.8) is 0 Å². The number of likely N-dealkylation sites (tertiary alicyclic amines) is 1. The molecule has 2 aliphatic heterocycles. The molecule has 0 radical (unpaired) electrons. The molecule has 2 fully saturated rings. The van der Waals surface area contributed by atoms with Gasteiger partial charge in [-0.25, -0.2) is 14.3 Å². The van der Waals surface area contributed by atoms with Crippen molar-refractivity contribution in [2.75, 3.05) is 44.7 Å². The van der Waals surface area contributed by atoms with Gasteiger partial charge in [-0.15, -0.1) is 0 Å². The molecule has 4 heterocycles. The molecular formula is C16H19BrN6O3. The van der Waals surface area contributed by atoms with E-state index in [2.05, 4.69) is 30.9 Å². The zero-order chi connectivity index (χ0) is 18.3. The number of piperazine rings is 1. The van der Waals surface area contributed by atoms with E-state index in [1.807, 2.05) is 12.3 Å². The minimum Gasteiger partial charge on any atom is -0.444 e. The van der Waals surface area contributed by atoms with E-state index in [0.717, 1.165) is 15.9 Å². The highest BCUT2D eigenvalue weighted by Gasteiger charge is 2.32. The Balaban J connectivity index is 1.35. The highest BCUT2D eigenvalue weighted by atomic mass is 79.9. The molecule has 0 aromatic carbocycles. The molecule has 9 nitrogen and oxygen atoms in total. The van der Waals surface area contributed by atoms with Crippen LogP contribution in [0.4, 0.5) is 10.6 Å². The Morgan fingerprint density at radius 2 is 2.08 bits per heavy atom. The smallest absolute Gasteiger partial charge is 0.410 e. The minimum atomic E-state index is -0.348. The Bertz CT molecular complexity index is 848. The molecule has 2 saturated heterocycles. The molecule has 0 spiro atoms. The van der Waals surface area contributed by atoms with Gasteiger partial charge in [0.25, 0.3) is 0 Å². The van der Waals surface area contributed by atoms with Crippen LogP contribution >= 0.6 is 15.9 Å².